The SMILES string of the molecule is C=C(C)C(=O)OC(O)CO.O=P(O)(O)O. The quantitative estimate of drug-likeness (QED) is 0.174. The Kier molecular flexibility index (Phi) is 8.35. The second-order valence-corrected chi connectivity index (χ2v) is 3.36. The standard InChI is InChI=1S/C6H10O4.H3O4P/c1-4(2)6(9)10-5(8)3-7;1-5(2,3)4/h5,7-8H,1,3H2,2H3;(H3,1,2,3,4). The minimum Gasteiger partial charge on any atom is -0.430 e. The highest BCUT2D eigenvalue weighted by molar-refractivity contribution is 7.45. The average molecular weight is 244 g/mol. The van der Waals surface area contributed by atoms with Crippen molar-refractivity contribution in [3.63, 3.8) is 0 Å². The van der Waals surface area contributed by atoms with Crippen LogP contribution >= 0.6 is 7.82 Å². The number of esters is 1. The van der Waals surface area contributed by atoms with E-state index in [1.165, 1.54) is 6.92 Å². The van der Waals surface area contributed by atoms with E-state index in [0.717, 1.165) is 0 Å². The van der Waals surface area contributed by atoms with Gasteiger partial charge in [-0.1, -0.05) is 6.58 Å². The van der Waals surface area contributed by atoms with Crippen molar-refractivity contribution in [3.05, 3.63) is 12.2 Å². The summed E-state index contributed by atoms with van der Waals surface area (Å²) in [5.41, 5.74) is 0.188. The molecule has 0 aromatic rings. The van der Waals surface area contributed by atoms with Crippen LogP contribution in [0.5, 0.6) is 0 Å². The van der Waals surface area contributed by atoms with Crippen LogP contribution in [0.15, 0.2) is 12.2 Å². The molecule has 9 heteroatoms. The lowest BCUT2D eigenvalue weighted by atomic mass is 10.4. The van der Waals surface area contributed by atoms with E-state index in [9.17, 15) is 4.79 Å². The van der Waals surface area contributed by atoms with E-state index in [2.05, 4.69) is 11.3 Å². The topological polar surface area (TPSA) is 145 Å². The minimum atomic E-state index is -4.64. The molecule has 0 rings (SSSR count). The van der Waals surface area contributed by atoms with Gasteiger partial charge in [-0.25, -0.2) is 9.36 Å². The molecule has 5 N–H and O–H groups in total. The molecule has 1 unspecified atom stereocenters. The number of hydrogen-bond donors (Lipinski definition) is 5. The molecule has 1 atom stereocenters. The van der Waals surface area contributed by atoms with E-state index in [-0.39, 0.29) is 5.57 Å². The largest absolute Gasteiger partial charge is 0.466 e. The number of hydrogen-bond acceptors (Lipinski definition) is 5. The van der Waals surface area contributed by atoms with Crippen LogP contribution in [0, 0.1) is 0 Å². The van der Waals surface area contributed by atoms with Gasteiger partial charge in [-0.05, 0) is 6.92 Å². The van der Waals surface area contributed by atoms with Crippen molar-refractivity contribution < 1.29 is 39.0 Å². The number of rotatable bonds is 3. The Bertz CT molecular complexity index is 248. The highest BCUT2D eigenvalue weighted by Crippen LogP contribution is 2.25. The van der Waals surface area contributed by atoms with Crippen molar-refractivity contribution in [1.82, 2.24) is 0 Å². The lowest BCUT2D eigenvalue weighted by Gasteiger charge is -2.07. The van der Waals surface area contributed by atoms with Crippen molar-refractivity contribution in [2.45, 2.75) is 13.2 Å². The van der Waals surface area contributed by atoms with Crippen LogP contribution in [0.25, 0.3) is 0 Å². The van der Waals surface area contributed by atoms with E-state index < -0.39 is 26.7 Å². The Morgan fingerprint density at radius 1 is 1.47 bits per heavy atom. The Labute approximate surface area is 85.7 Å². The maximum atomic E-state index is 10.5. The molecule has 8 nitrogen and oxygen atoms in total. The fourth-order valence-electron chi connectivity index (χ4n) is 0.261. The van der Waals surface area contributed by atoms with Crippen LogP contribution in [-0.4, -0.2) is 43.8 Å². The molecule has 0 radical (unpaired) electrons. The Morgan fingerprint density at radius 2 is 1.80 bits per heavy atom. The van der Waals surface area contributed by atoms with Gasteiger partial charge in [-0.2, -0.15) is 0 Å². The molecule has 0 amide bonds. The van der Waals surface area contributed by atoms with Gasteiger partial charge in [0, 0.05) is 5.57 Å². The first-order valence-corrected chi connectivity index (χ1v) is 5.08. The van der Waals surface area contributed by atoms with E-state index in [1.807, 2.05) is 0 Å². The Hall–Kier alpha value is -0.760. The Balaban J connectivity index is 0. The van der Waals surface area contributed by atoms with E-state index in [0.29, 0.717) is 0 Å². The van der Waals surface area contributed by atoms with Crippen LogP contribution < -0.4 is 0 Å². The van der Waals surface area contributed by atoms with Crippen molar-refractivity contribution in [2.75, 3.05) is 6.61 Å². The third kappa shape index (κ3) is 19.6. The summed E-state index contributed by atoms with van der Waals surface area (Å²) >= 11 is 0. The number of phosphoric acid groups is 1. The second-order valence-electron chi connectivity index (χ2n) is 2.34. The van der Waals surface area contributed by atoms with Crippen molar-refractivity contribution in [2.24, 2.45) is 0 Å². The van der Waals surface area contributed by atoms with Crippen LogP contribution in [0.1, 0.15) is 6.92 Å². The van der Waals surface area contributed by atoms with Crippen molar-refractivity contribution in [1.29, 1.82) is 0 Å². The van der Waals surface area contributed by atoms with Crippen LogP contribution in [0.2, 0.25) is 0 Å². The fourth-order valence-corrected chi connectivity index (χ4v) is 0.261. The average Bonchev–Trinajstić information content (AvgIpc) is 2.00. The summed E-state index contributed by atoms with van der Waals surface area (Å²) in [6.45, 7) is 4.13. The zero-order chi connectivity index (χ0) is 12.6. The summed E-state index contributed by atoms with van der Waals surface area (Å²) in [6.07, 6.45) is -1.44. The number of carbonyl (C=O) groups excluding carboxylic acids is 1. The maximum absolute atomic E-state index is 10.5. The van der Waals surface area contributed by atoms with Gasteiger partial charge in [0.1, 0.15) is 6.61 Å². The smallest absolute Gasteiger partial charge is 0.430 e. The number of aliphatic hydroxyl groups is 2. The first-order valence-electron chi connectivity index (χ1n) is 3.51. The molecule has 0 saturated carbocycles. The van der Waals surface area contributed by atoms with E-state index in [4.69, 9.17) is 29.5 Å². The lowest BCUT2D eigenvalue weighted by Crippen LogP contribution is -2.21. The van der Waals surface area contributed by atoms with Crippen LogP contribution in [0.4, 0.5) is 0 Å². The molecule has 0 aliphatic rings. The zero-order valence-corrected chi connectivity index (χ0v) is 8.79. The summed E-state index contributed by atoms with van der Waals surface area (Å²) in [7, 11) is -4.64. The molecule has 0 aliphatic carbocycles. The molecular formula is C6H13O8P. The van der Waals surface area contributed by atoms with Gasteiger partial charge in [0.2, 0.25) is 6.29 Å². The van der Waals surface area contributed by atoms with E-state index in [1.54, 1.807) is 0 Å². The van der Waals surface area contributed by atoms with Gasteiger partial charge >= 0.3 is 13.8 Å². The monoisotopic (exact) mass is 244 g/mol. The van der Waals surface area contributed by atoms with Gasteiger partial charge in [0.25, 0.3) is 0 Å². The number of aliphatic hydroxyl groups excluding tert-OH is 2. The fraction of sp³-hybridized carbons (Fsp3) is 0.500. The first-order chi connectivity index (χ1) is 6.57. The molecule has 15 heavy (non-hydrogen) atoms. The Morgan fingerprint density at radius 3 is 2.00 bits per heavy atom. The molecule has 0 fully saturated rings. The molecule has 0 saturated heterocycles. The number of carbonyl (C=O) groups is 1. The predicted octanol–water partition coefficient (Wildman–Crippen LogP) is -1.51. The van der Waals surface area contributed by atoms with Gasteiger partial charge in [0.05, 0.1) is 0 Å². The van der Waals surface area contributed by atoms with E-state index >= 15 is 0 Å². The first kappa shape index (κ1) is 16.7. The normalized spacial score (nSPS) is 12.1. The van der Waals surface area contributed by atoms with Gasteiger partial charge in [0.15, 0.2) is 0 Å². The predicted molar refractivity (Wildman–Crippen MR) is 48.3 cm³/mol. The number of ether oxygens (including phenoxy) is 1. The summed E-state index contributed by atoms with van der Waals surface area (Å²) < 4.78 is 13.1. The summed E-state index contributed by atoms with van der Waals surface area (Å²) in [4.78, 5) is 32.1. The lowest BCUT2D eigenvalue weighted by molar-refractivity contribution is -0.168. The molecule has 90 valence electrons. The van der Waals surface area contributed by atoms with Crippen LogP contribution in [-0.2, 0) is 14.1 Å². The van der Waals surface area contributed by atoms with Gasteiger partial charge < -0.3 is 29.6 Å². The highest BCUT2D eigenvalue weighted by atomic mass is 31.2. The zero-order valence-electron chi connectivity index (χ0n) is 7.90. The van der Waals surface area contributed by atoms with Gasteiger partial charge in [-0.15, -0.1) is 0 Å². The third-order valence-electron chi connectivity index (χ3n) is 0.748. The third-order valence-corrected chi connectivity index (χ3v) is 0.748. The minimum absolute atomic E-state index is 0.188. The molecule has 0 heterocycles. The molecule has 0 aromatic carbocycles. The molecule has 0 spiro atoms. The summed E-state index contributed by atoms with van der Waals surface area (Å²) in [6, 6.07) is 0. The molecule has 0 bridgehead atoms. The van der Waals surface area contributed by atoms with Crippen LogP contribution in [0.3, 0.4) is 0 Å². The molecule has 0 aromatic heterocycles. The second kappa shape index (κ2) is 7.52. The summed E-state index contributed by atoms with van der Waals surface area (Å²) in [5, 5.41) is 16.8. The highest BCUT2D eigenvalue weighted by Gasteiger charge is 2.08. The van der Waals surface area contributed by atoms with Crippen molar-refractivity contribution in [3.8, 4) is 0 Å². The maximum Gasteiger partial charge on any atom is 0.466 e. The molecule has 0 aliphatic heterocycles. The van der Waals surface area contributed by atoms with Crippen molar-refractivity contribution >= 4 is 13.8 Å². The molecular weight excluding hydrogens is 231 g/mol. The summed E-state index contributed by atoms with van der Waals surface area (Å²) in [5.74, 6) is -0.707. The van der Waals surface area contributed by atoms with Gasteiger partial charge in [-0.3, -0.25) is 0 Å².